The topological polar surface area (TPSA) is 37.4 Å². The van der Waals surface area contributed by atoms with Gasteiger partial charge in [-0.3, -0.25) is 0 Å². The number of rotatable bonds is 3. The number of halogens is 1. The molecule has 0 bridgehead atoms. The van der Waals surface area contributed by atoms with Crippen molar-refractivity contribution in [3.05, 3.63) is 30.3 Å². The molecule has 1 aromatic heterocycles. The molecule has 0 aromatic carbocycles. The molecule has 0 amide bonds. The standard InChI is InChI=1S/C12H16ClN3O/c1-2-17-11-8-10(9-15-12(11)13)16-6-3-4-14-5-7-16/h2,8-9,14H,1,3-7H2. The van der Waals surface area contributed by atoms with Crippen molar-refractivity contribution in [2.75, 3.05) is 31.1 Å². The molecule has 1 aliphatic heterocycles. The van der Waals surface area contributed by atoms with E-state index in [1.807, 2.05) is 6.07 Å². The number of hydrogen-bond donors (Lipinski definition) is 1. The van der Waals surface area contributed by atoms with E-state index in [0.717, 1.165) is 38.3 Å². The lowest BCUT2D eigenvalue weighted by atomic mass is 10.3. The van der Waals surface area contributed by atoms with Crippen molar-refractivity contribution in [1.82, 2.24) is 10.3 Å². The predicted octanol–water partition coefficient (Wildman–Crippen LogP) is 2.06. The van der Waals surface area contributed by atoms with Gasteiger partial charge in [0.2, 0.25) is 0 Å². The predicted molar refractivity (Wildman–Crippen MR) is 69.8 cm³/mol. The monoisotopic (exact) mass is 253 g/mol. The minimum Gasteiger partial charge on any atom is -0.462 e. The molecule has 0 unspecified atom stereocenters. The summed E-state index contributed by atoms with van der Waals surface area (Å²) in [4.78, 5) is 6.41. The molecule has 1 aliphatic rings. The smallest absolute Gasteiger partial charge is 0.171 e. The lowest BCUT2D eigenvalue weighted by Crippen LogP contribution is -2.27. The van der Waals surface area contributed by atoms with Crippen LogP contribution in [0.5, 0.6) is 5.75 Å². The quantitative estimate of drug-likeness (QED) is 0.661. The van der Waals surface area contributed by atoms with Gasteiger partial charge in [0.05, 0.1) is 18.1 Å². The molecule has 17 heavy (non-hydrogen) atoms. The fourth-order valence-electron chi connectivity index (χ4n) is 1.87. The Balaban J connectivity index is 2.18. The highest BCUT2D eigenvalue weighted by atomic mass is 35.5. The normalized spacial score (nSPS) is 16.4. The molecular formula is C12H16ClN3O. The summed E-state index contributed by atoms with van der Waals surface area (Å²) in [6.07, 6.45) is 4.26. The third-order valence-corrected chi connectivity index (χ3v) is 2.99. The Hall–Kier alpha value is -1.26. The molecule has 0 saturated carbocycles. The van der Waals surface area contributed by atoms with E-state index in [2.05, 4.69) is 21.8 Å². The Bertz CT molecular complexity index is 389. The minimum atomic E-state index is 0.363. The van der Waals surface area contributed by atoms with E-state index in [-0.39, 0.29) is 0 Å². The molecule has 0 spiro atoms. The van der Waals surface area contributed by atoms with Gasteiger partial charge in [-0.1, -0.05) is 18.2 Å². The number of nitrogens with zero attached hydrogens (tertiary/aromatic N) is 2. The van der Waals surface area contributed by atoms with E-state index < -0.39 is 0 Å². The lowest BCUT2D eigenvalue weighted by Gasteiger charge is -2.22. The summed E-state index contributed by atoms with van der Waals surface area (Å²) in [6.45, 7) is 7.56. The zero-order valence-electron chi connectivity index (χ0n) is 9.66. The molecule has 1 fully saturated rings. The Labute approximate surface area is 106 Å². The van der Waals surface area contributed by atoms with Gasteiger partial charge in [-0.05, 0) is 13.0 Å². The minimum absolute atomic E-state index is 0.363. The van der Waals surface area contributed by atoms with Crippen molar-refractivity contribution in [3.8, 4) is 5.75 Å². The highest BCUT2D eigenvalue weighted by molar-refractivity contribution is 6.30. The summed E-state index contributed by atoms with van der Waals surface area (Å²) >= 11 is 5.93. The summed E-state index contributed by atoms with van der Waals surface area (Å²) in [5.41, 5.74) is 1.04. The second-order valence-electron chi connectivity index (χ2n) is 3.86. The Morgan fingerprint density at radius 3 is 3.18 bits per heavy atom. The molecule has 2 heterocycles. The fourth-order valence-corrected chi connectivity index (χ4v) is 2.01. The van der Waals surface area contributed by atoms with Crippen LogP contribution in [0, 0.1) is 0 Å². The fraction of sp³-hybridized carbons (Fsp3) is 0.417. The van der Waals surface area contributed by atoms with Crippen LogP contribution in [0.1, 0.15) is 6.42 Å². The number of nitrogens with one attached hydrogen (secondary N) is 1. The van der Waals surface area contributed by atoms with Crippen molar-refractivity contribution in [2.45, 2.75) is 6.42 Å². The summed E-state index contributed by atoms with van der Waals surface area (Å²) < 4.78 is 5.23. The van der Waals surface area contributed by atoms with E-state index in [0.29, 0.717) is 10.9 Å². The van der Waals surface area contributed by atoms with Gasteiger partial charge in [-0.25, -0.2) is 4.98 Å². The Morgan fingerprint density at radius 1 is 1.47 bits per heavy atom. The molecule has 92 valence electrons. The van der Waals surface area contributed by atoms with Crippen LogP contribution in [0.15, 0.2) is 25.1 Å². The Morgan fingerprint density at radius 2 is 2.35 bits per heavy atom. The zero-order valence-corrected chi connectivity index (χ0v) is 10.4. The number of anilines is 1. The van der Waals surface area contributed by atoms with Crippen molar-refractivity contribution in [2.24, 2.45) is 0 Å². The molecule has 1 N–H and O–H groups in total. The SMILES string of the molecule is C=COc1cc(N2CCCNCC2)cnc1Cl. The number of ether oxygens (including phenoxy) is 1. The second kappa shape index (κ2) is 5.89. The van der Waals surface area contributed by atoms with E-state index in [1.165, 1.54) is 6.26 Å². The van der Waals surface area contributed by atoms with Crippen molar-refractivity contribution >= 4 is 17.3 Å². The number of pyridine rings is 1. The van der Waals surface area contributed by atoms with Crippen LogP contribution in [0.25, 0.3) is 0 Å². The van der Waals surface area contributed by atoms with Gasteiger partial charge in [0, 0.05) is 25.7 Å². The van der Waals surface area contributed by atoms with Gasteiger partial charge in [-0.2, -0.15) is 0 Å². The summed E-state index contributed by atoms with van der Waals surface area (Å²) in [6, 6.07) is 1.91. The average Bonchev–Trinajstić information content (AvgIpc) is 2.61. The largest absolute Gasteiger partial charge is 0.462 e. The third-order valence-electron chi connectivity index (χ3n) is 2.71. The average molecular weight is 254 g/mol. The molecular weight excluding hydrogens is 238 g/mol. The van der Waals surface area contributed by atoms with E-state index in [9.17, 15) is 0 Å². The summed E-state index contributed by atoms with van der Waals surface area (Å²) in [5, 5.41) is 3.73. The summed E-state index contributed by atoms with van der Waals surface area (Å²) in [5.74, 6) is 0.552. The van der Waals surface area contributed by atoms with Crippen molar-refractivity contribution in [3.63, 3.8) is 0 Å². The molecule has 5 heteroatoms. The van der Waals surface area contributed by atoms with Crippen molar-refractivity contribution in [1.29, 1.82) is 0 Å². The van der Waals surface area contributed by atoms with Gasteiger partial charge >= 0.3 is 0 Å². The maximum Gasteiger partial charge on any atom is 0.171 e. The van der Waals surface area contributed by atoms with Crippen LogP contribution in [-0.2, 0) is 0 Å². The van der Waals surface area contributed by atoms with E-state index in [1.54, 1.807) is 6.20 Å². The third kappa shape index (κ3) is 3.11. The van der Waals surface area contributed by atoms with Crippen molar-refractivity contribution < 1.29 is 4.74 Å². The first kappa shape index (κ1) is 12.2. The molecule has 0 atom stereocenters. The molecule has 4 nitrogen and oxygen atoms in total. The first-order valence-corrected chi connectivity index (χ1v) is 6.08. The lowest BCUT2D eigenvalue weighted by molar-refractivity contribution is 0.481. The van der Waals surface area contributed by atoms with Gasteiger partial charge < -0.3 is 15.0 Å². The van der Waals surface area contributed by atoms with Crippen LogP contribution in [0.2, 0.25) is 5.15 Å². The van der Waals surface area contributed by atoms with Crippen LogP contribution in [0.3, 0.4) is 0 Å². The first-order valence-electron chi connectivity index (χ1n) is 5.70. The Kier molecular flexibility index (Phi) is 4.23. The molecule has 1 aromatic rings. The molecule has 0 aliphatic carbocycles. The first-order chi connectivity index (χ1) is 8.31. The van der Waals surface area contributed by atoms with E-state index in [4.69, 9.17) is 16.3 Å². The number of hydrogen-bond acceptors (Lipinski definition) is 4. The van der Waals surface area contributed by atoms with E-state index >= 15 is 0 Å². The van der Waals surface area contributed by atoms with Crippen LogP contribution < -0.4 is 15.0 Å². The number of aromatic nitrogens is 1. The highest BCUT2D eigenvalue weighted by Gasteiger charge is 2.12. The van der Waals surface area contributed by atoms with Gasteiger partial charge in [0.1, 0.15) is 0 Å². The molecule has 0 radical (unpaired) electrons. The molecule has 2 rings (SSSR count). The van der Waals surface area contributed by atoms with Crippen LogP contribution >= 0.6 is 11.6 Å². The summed E-state index contributed by atoms with van der Waals surface area (Å²) in [7, 11) is 0. The van der Waals surface area contributed by atoms with Gasteiger partial charge in [0.15, 0.2) is 10.9 Å². The van der Waals surface area contributed by atoms with Crippen LogP contribution in [0.4, 0.5) is 5.69 Å². The zero-order chi connectivity index (χ0) is 12.1. The maximum atomic E-state index is 5.93. The molecule has 1 saturated heterocycles. The highest BCUT2D eigenvalue weighted by Crippen LogP contribution is 2.27. The van der Waals surface area contributed by atoms with Gasteiger partial charge in [0.25, 0.3) is 0 Å². The second-order valence-corrected chi connectivity index (χ2v) is 4.22. The van der Waals surface area contributed by atoms with Gasteiger partial charge in [-0.15, -0.1) is 0 Å². The maximum absolute atomic E-state index is 5.93. The van der Waals surface area contributed by atoms with Crippen LogP contribution in [-0.4, -0.2) is 31.2 Å².